The van der Waals surface area contributed by atoms with Gasteiger partial charge in [0.1, 0.15) is 5.75 Å². The molecule has 1 aromatic carbocycles. The van der Waals surface area contributed by atoms with Gasteiger partial charge in [-0.05, 0) is 69.4 Å². The molecule has 2 saturated heterocycles. The third-order valence-electron chi connectivity index (χ3n) is 5.40. The Labute approximate surface area is 149 Å². The van der Waals surface area contributed by atoms with Gasteiger partial charge in [-0.25, -0.2) is 0 Å². The van der Waals surface area contributed by atoms with Crippen LogP contribution in [0.3, 0.4) is 0 Å². The Balaban J connectivity index is 1.54. The monoisotopic (exact) mass is 380 g/mol. The molecule has 0 unspecified atom stereocenters. The number of piperidine rings is 2. The average molecular weight is 381 g/mol. The van der Waals surface area contributed by atoms with Gasteiger partial charge in [0, 0.05) is 29.2 Å². The van der Waals surface area contributed by atoms with Gasteiger partial charge in [-0.15, -0.1) is 0 Å². The van der Waals surface area contributed by atoms with Crippen molar-refractivity contribution in [1.82, 2.24) is 9.80 Å². The normalized spacial score (nSPS) is 24.7. The second-order valence-electron chi connectivity index (χ2n) is 7.21. The highest BCUT2D eigenvalue weighted by Gasteiger charge is 2.27. The standard InChI is InChI=1S/C19H29BrN2O/c1-15-4-3-9-22(13-15)18-7-10-21(11-8-18)14-16-12-17(20)5-6-19(16)23-2/h5-6,12,15,18H,3-4,7-11,13-14H2,1-2H3/t15-/m0/s1. The van der Waals surface area contributed by atoms with Gasteiger partial charge >= 0.3 is 0 Å². The Morgan fingerprint density at radius 1 is 1.17 bits per heavy atom. The van der Waals surface area contributed by atoms with E-state index in [0.29, 0.717) is 0 Å². The zero-order chi connectivity index (χ0) is 16.2. The van der Waals surface area contributed by atoms with Crippen molar-refractivity contribution >= 4 is 15.9 Å². The largest absolute Gasteiger partial charge is 0.496 e. The fourth-order valence-corrected chi connectivity index (χ4v) is 4.52. The molecule has 0 spiro atoms. The number of rotatable bonds is 4. The van der Waals surface area contributed by atoms with Gasteiger partial charge in [-0.3, -0.25) is 4.90 Å². The van der Waals surface area contributed by atoms with E-state index in [-0.39, 0.29) is 0 Å². The van der Waals surface area contributed by atoms with Crippen LogP contribution in [0.4, 0.5) is 0 Å². The van der Waals surface area contributed by atoms with Crippen LogP contribution in [-0.4, -0.2) is 49.1 Å². The van der Waals surface area contributed by atoms with Gasteiger partial charge in [0.25, 0.3) is 0 Å². The van der Waals surface area contributed by atoms with E-state index in [1.807, 2.05) is 6.07 Å². The first-order valence-corrected chi connectivity index (χ1v) is 9.74. The van der Waals surface area contributed by atoms with E-state index < -0.39 is 0 Å². The van der Waals surface area contributed by atoms with Crippen molar-refractivity contribution in [3.05, 3.63) is 28.2 Å². The molecule has 128 valence electrons. The summed E-state index contributed by atoms with van der Waals surface area (Å²) in [4.78, 5) is 5.33. The summed E-state index contributed by atoms with van der Waals surface area (Å²) in [7, 11) is 1.76. The zero-order valence-corrected chi connectivity index (χ0v) is 16.0. The molecular weight excluding hydrogens is 352 g/mol. The van der Waals surface area contributed by atoms with Crippen LogP contribution in [0.2, 0.25) is 0 Å². The number of ether oxygens (including phenoxy) is 1. The van der Waals surface area contributed by atoms with Gasteiger partial charge < -0.3 is 9.64 Å². The average Bonchev–Trinajstić information content (AvgIpc) is 2.56. The molecule has 1 aromatic rings. The topological polar surface area (TPSA) is 15.7 Å². The summed E-state index contributed by atoms with van der Waals surface area (Å²) >= 11 is 3.58. The van der Waals surface area contributed by atoms with Crippen LogP contribution in [-0.2, 0) is 6.54 Å². The number of halogens is 1. The smallest absolute Gasteiger partial charge is 0.123 e. The van der Waals surface area contributed by atoms with Crippen molar-refractivity contribution in [2.45, 2.75) is 45.2 Å². The lowest BCUT2D eigenvalue weighted by Gasteiger charge is -2.41. The number of benzene rings is 1. The first kappa shape index (κ1) is 17.2. The zero-order valence-electron chi connectivity index (χ0n) is 14.4. The second kappa shape index (κ2) is 8.00. The Morgan fingerprint density at radius 3 is 2.65 bits per heavy atom. The summed E-state index contributed by atoms with van der Waals surface area (Å²) in [6.45, 7) is 8.42. The summed E-state index contributed by atoms with van der Waals surface area (Å²) in [6, 6.07) is 7.10. The maximum Gasteiger partial charge on any atom is 0.123 e. The Morgan fingerprint density at radius 2 is 1.96 bits per heavy atom. The molecule has 0 N–H and O–H groups in total. The molecule has 4 heteroatoms. The predicted molar refractivity (Wildman–Crippen MR) is 99.0 cm³/mol. The van der Waals surface area contributed by atoms with Gasteiger partial charge in [0.2, 0.25) is 0 Å². The van der Waals surface area contributed by atoms with E-state index in [4.69, 9.17) is 4.74 Å². The highest BCUT2D eigenvalue weighted by atomic mass is 79.9. The Kier molecular flexibility index (Phi) is 6.00. The molecule has 0 aromatic heterocycles. The Hall–Kier alpha value is -0.580. The highest BCUT2D eigenvalue weighted by Crippen LogP contribution is 2.27. The molecule has 2 fully saturated rings. The second-order valence-corrected chi connectivity index (χ2v) is 8.12. The highest BCUT2D eigenvalue weighted by molar-refractivity contribution is 9.10. The molecule has 0 bridgehead atoms. The number of methoxy groups -OCH3 is 1. The summed E-state index contributed by atoms with van der Waals surface area (Å²) < 4.78 is 6.64. The van der Waals surface area contributed by atoms with Gasteiger partial charge in [-0.2, -0.15) is 0 Å². The van der Waals surface area contributed by atoms with Gasteiger partial charge in [-0.1, -0.05) is 22.9 Å². The molecule has 1 atom stereocenters. The molecule has 2 aliphatic heterocycles. The summed E-state index contributed by atoms with van der Waals surface area (Å²) in [5.74, 6) is 1.88. The molecular formula is C19H29BrN2O. The van der Waals surface area contributed by atoms with Crippen LogP contribution < -0.4 is 4.74 Å². The number of hydrogen-bond acceptors (Lipinski definition) is 3. The van der Waals surface area contributed by atoms with E-state index in [2.05, 4.69) is 44.8 Å². The molecule has 3 nitrogen and oxygen atoms in total. The van der Waals surface area contributed by atoms with Crippen LogP contribution in [0.1, 0.15) is 38.2 Å². The first-order valence-electron chi connectivity index (χ1n) is 8.94. The fraction of sp³-hybridized carbons (Fsp3) is 0.684. The van der Waals surface area contributed by atoms with E-state index in [0.717, 1.165) is 28.7 Å². The number of nitrogens with zero attached hydrogens (tertiary/aromatic N) is 2. The van der Waals surface area contributed by atoms with Crippen LogP contribution in [0.25, 0.3) is 0 Å². The van der Waals surface area contributed by atoms with E-state index >= 15 is 0 Å². The lowest BCUT2D eigenvalue weighted by Crippen LogP contribution is -2.48. The van der Waals surface area contributed by atoms with Crippen LogP contribution >= 0.6 is 15.9 Å². The lowest BCUT2D eigenvalue weighted by molar-refractivity contribution is 0.0726. The molecule has 0 saturated carbocycles. The van der Waals surface area contributed by atoms with E-state index in [1.54, 1.807) is 7.11 Å². The molecule has 2 aliphatic rings. The quantitative estimate of drug-likeness (QED) is 0.779. The van der Waals surface area contributed by atoms with Crippen molar-refractivity contribution in [1.29, 1.82) is 0 Å². The molecule has 2 heterocycles. The van der Waals surface area contributed by atoms with E-state index in [9.17, 15) is 0 Å². The van der Waals surface area contributed by atoms with Crippen molar-refractivity contribution in [3.63, 3.8) is 0 Å². The number of hydrogen-bond donors (Lipinski definition) is 0. The minimum absolute atomic E-state index is 0.804. The molecule has 0 amide bonds. The maximum atomic E-state index is 5.51. The summed E-state index contributed by atoms with van der Waals surface area (Å²) in [6.07, 6.45) is 5.42. The number of likely N-dealkylation sites (tertiary alicyclic amines) is 2. The Bertz CT molecular complexity index is 514. The minimum Gasteiger partial charge on any atom is -0.496 e. The van der Waals surface area contributed by atoms with E-state index in [1.165, 1.54) is 57.4 Å². The summed E-state index contributed by atoms with van der Waals surface area (Å²) in [5, 5.41) is 0. The minimum atomic E-state index is 0.804. The van der Waals surface area contributed by atoms with Crippen molar-refractivity contribution in [3.8, 4) is 5.75 Å². The molecule has 0 radical (unpaired) electrons. The maximum absolute atomic E-state index is 5.51. The molecule has 3 rings (SSSR count). The molecule has 23 heavy (non-hydrogen) atoms. The SMILES string of the molecule is COc1ccc(Br)cc1CN1CCC(N2CCC[C@H](C)C2)CC1. The predicted octanol–water partition coefficient (Wildman–Crippen LogP) is 4.15. The van der Waals surface area contributed by atoms with Gasteiger partial charge in [0.15, 0.2) is 0 Å². The van der Waals surface area contributed by atoms with Crippen molar-refractivity contribution in [2.24, 2.45) is 5.92 Å². The van der Waals surface area contributed by atoms with Crippen LogP contribution in [0.15, 0.2) is 22.7 Å². The lowest BCUT2D eigenvalue weighted by atomic mass is 9.95. The van der Waals surface area contributed by atoms with Gasteiger partial charge in [0.05, 0.1) is 7.11 Å². The molecule has 0 aliphatic carbocycles. The van der Waals surface area contributed by atoms with Crippen molar-refractivity contribution < 1.29 is 4.74 Å². The summed E-state index contributed by atoms with van der Waals surface area (Å²) in [5.41, 5.74) is 1.28. The third kappa shape index (κ3) is 4.49. The third-order valence-corrected chi connectivity index (χ3v) is 5.89. The fourth-order valence-electron chi connectivity index (χ4n) is 4.11. The first-order chi connectivity index (χ1) is 11.2. The van der Waals surface area contributed by atoms with Crippen LogP contribution in [0.5, 0.6) is 5.75 Å². The van der Waals surface area contributed by atoms with Crippen molar-refractivity contribution in [2.75, 3.05) is 33.3 Å². The van der Waals surface area contributed by atoms with Crippen LogP contribution in [0, 0.1) is 5.92 Å².